The standard InChI is InChI=1S/C16H23N3O2/c1-13-16(20)19(8-7-18-9-11-21-12-10-18)15(17-13)14-5-3-2-4-6-14/h2-6,13,15,17H,7-12H2,1H3. The van der Waals surface area contributed by atoms with E-state index in [-0.39, 0.29) is 18.1 Å². The Morgan fingerprint density at radius 3 is 2.62 bits per heavy atom. The summed E-state index contributed by atoms with van der Waals surface area (Å²) in [5, 5.41) is 3.39. The highest BCUT2D eigenvalue weighted by Gasteiger charge is 2.36. The van der Waals surface area contributed by atoms with Crippen LogP contribution in [0.2, 0.25) is 0 Å². The smallest absolute Gasteiger partial charge is 0.241 e. The van der Waals surface area contributed by atoms with E-state index in [4.69, 9.17) is 4.74 Å². The molecule has 21 heavy (non-hydrogen) atoms. The molecule has 5 nitrogen and oxygen atoms in total. The van der Waals surface area contributed by atoms with E-state index in [1.54, 1.807) is 0 Å². The van der Waals surface area contributed by atoms with Crippen LogP contribution in [0.5, 0.6) is 0 Å². The number of carbonyl (C=O) groups is 1. The second kappa shape index (κ2) is 6.56. The molecule has 0 spiro atoms. The van der Waals surface area contributed by atoms with Gasteiger partial charge >= 0.3 is 0 Å². The number of morpholine rings is 1. The summed E-state index contributed by atoms with van der Waals surface area (Å²) in [6.07, 6.45) is -0.00487. The number of ether oxygens (including phenoxy) is 1. The van der Waals surface area contributed by atoms with Crippen molar-refractivity contribution < 1.29 is 9.53 Å². The van der Waals surface area contributed by atoms with Crippen molar-refractivity contribution >= 4 is 5.91 Å². The van der Waals surface area contributed by atoms with Crippen LogP contribution in [0.3, 0.4) is 0 Å². The third kappa shape index (κ3) is 3.26. The Morgan fingerprint density at radius 1 is 1.19 bits per heavy atom. The molecule has 2 fully saturated rings. The van der Waals surface area contributed by atoms with Crippen LogP contribution >= 0.6 is 0 Å². The van der Waals surface area contributed by atoms with Crippen LogP contribution in [0.1, 0.15) is 18.7 Å². The lowest BCUT2D eigenvalue weighted by atomic mass is 10.1. The fourth-order valence-electron chi connectivity index (χ4n) is 3.00. The Morgan fingerprint density at radius 2 is 1.90 bits per heavy atom. The van der Waals surface area contributed by atoms with E-state index in [0.717, 1.165) is 45.0 Å². The van der Waals surface area contributed by atoms with Gasteiger partial charge in [0.25, 0.3) is 0 Å². The van der Waals surface area contributed by atoms with Crippen LogP contribution in [0.25, 0.3) is 0 Å². The molecule has 2 saturated heterocycles. The van der Waals surface area contributed by atoms with Gasteiger partial charge in [-0.2, -0.15) is 0 Å². The van der Waals surface area contributed by atoms with Gasteiger partial charge in [0, 0.05) is 26.2 Å². The van der Waals surface area contributed by atoms with Gasteiger partial charge in [0.1, 0.15) is 6.17 Å². The van der Waals surface area contributed by atoms with Crippen molar-refractivity contribution in [2.24, 2.45) is 0 Å². The van der Waals surface area contributed by atoms with Crippen LogP contribution in [0.15, 0.2) is 30.3 Å². The van der Waals surface area contributed by atoms with Gasteiger partial charge in [-0.1, -0.05) is 30.3 Å². The van der Waals surface area contributed by atoms with Gasteiger partial charge in [-0.3, -0.25) is 15.0 Å². The average Bonchev–Trinajstić information content (AvgIpc) is 2.82. The summed E-state index contributed by atoms with van der Waals surface area (Å²) >= 11 is 0. The van der Waals surface area contributed by atoms with Crippen LogP contribution in [0.4, 0.5) is 0 Å². The quantitative estimate of drug-likeness (QED) is 0.892. The van der Waals surface area contributed by atoms with E-state index < -0.39 is 0 Å². The molecule has 0 aromatic heterocycles. The summed E-state index contributed by atoms with van der Waals surface area (Å²) in [6, 6.07) is 10.1. The lowest BCUT2D eigenvalue weighted by molar-refractivity contribution is -0.130. The maximum Gasteiger partial charge on any atom is 0.241 e. The number of hydrogen-bond acceptors (Lipinski definition) is 4. The molecular formula is C16H23N3O2. The van der Waals surface area contributed by atoms with Crippen molar-refractivity contribution in [3.05, 3.63) is 35.9 Å². The molecule has 2 atom stereocenters. The van der Waals surface area contributed by atoms with Gasteiger partial charge in [-0.05, 0) is 12.5 Å². The summed E-state index contributed by atoms with van der Waals surface area (Å²) in [5.41, 5.74) is 1.15. The number of carbonyl (C=O) groups excluding carboxylic acids is 1. The molecule has 2 heterocycles. The van der Waals surface area contributed by atoms with Crippen LogP contribution in [-0.2, 0) is 9.53 Å². The van der Waals surface area contributed by atoms with Gasteiger partial charge in [-0.15, -0.1) is 0 Å². The number of nitrogens with one attached hydrogen (secondary N) is 1. The van der Waals surface area contributed by atoms with Crippen LogP contribution in [-0.4, -0.2) is 61.1 Å². The molecule has 2 aliphatic rings. The number of hydrogen-bond donors (Lipinski definition) is 1. The first-order valence-electron chi connectivity index (χ1n) is 7.67. The predicted octanol–water partition coefficient (Wildman–Crippen LogP) is 0.838. The zero-order chi connectivity index (χ0) is 14.7. The lowest BCUT2D eigenvalue weighted by Gasteiger charge is -2.30. The Bertz CT molecular complexity index is 474. The molecule has 0 radical (unpaired) electrons. The molecule has 1 amide bonds. The molecule has 0 aliphatic carbocycles. The van der Waals surface area contributed by atoms with E-state index >= 15 is 0 Å². The highest BCUT2D eigenvalue weighted by Crippen LogP contribution is 2.24. The molecule has 2 aliphatic heterocycles. The second-order valence-corrected chi connectivity index (χ2v) is 5.69. The number of benzene rings is 1. The summed E-state index contributed by atoms with van der Waals surface area (Å²) in [6.45, 7) is 7.12. The third-order valence-corrected chi connectivity index (χ3v) is 4.25. The zero-order valence-electron chi connectivity index (χ0n) is 12.5. The number of rotatable bonds is 4. The molecule has 114 valence electrons. The van der Waals surface area contributed by atoms with Crippen molar-refractivity contribution in [3.63, 3.8) is 0 Å². The maximum atomic E-state index is 12.4. The minimum Gasteiger partial charge on any atom is -0.379 e. The van der Waals surface area contributed by atoms with Crippen LogP contribution < -0.4 is 5.32 Å². The van der Waals surface area contributed by atoms with E-state index in [0.29, 0.717) is 0 Å². The predicted molar refractivity (Wildman–Crippen MR) is 80.8 cm³/mol. The van der Waals surface area contributed by atoms with Gasteiger partial charge < -0.3 is 9.64 Å². The third-order valence-electron chi connectivity index (χ3n) is 4.25. The molecule has 1 aromatic rings. The van der Waals surface area contributed by atoms with E-state index in [1.807, 2.05) is 30.0 Å². The Balaban J connectivity index is 1.66. The summed E-state index contributed by atoms with van der Waals surface area (Å²) in [7, 11) is 0. The van der Waals surface area contributed by atoms with Gasteiger partial charge in [0.2, 0.25) is 5.91 Å². The maximum absolute atomic E-state index is 12.4. The summed E-state index contributed by atoms with van der Waals surface area (Å²) < 4.78 is 5.37. The summed E-state index contributed by atoms with van der Waals surface area (Å²) in [5.74, 6) is 0.192. The highest BCUT2D eigenvalue weighted by atomic mass is 16.5. The van der Waals surface area contributed by atoms with Gasteiger partial charge in [-0.25, -0.2) is 0 Å². The fraction of sp³-hybridized carbons (Fsp3) is 0.562. The van der Waals surface area contributed by atoms with Crippen molar-refractivity contribution in [1.82, 2.24) is 15.1 Å². The molecule has 3 rings (SSSR count). The monoisotopic (exact) mass is 289 g/mol. The molecule has 2 unspecified atom stereocenters. The minimum absolute atomic E-state index is 0.00487. The molecular weight excluding hydrogens is 266 g/mol. The van der Waals surface area contributed by atoms with Gasteiger partial charge in [0.15, 0.2) is 0 Å². The molecule has 1 aromatic carbocycles. The molecule has 0 bridgehead atoms. The first kappa shape index (κ1) is 14.5. The van der Waals surface area contributed by atoms with E-state index in [1.165, 1.54) is 0 Å². The zero-order valence-corrected chi connectivity index (χ0v) is 12.5. The SMILES string of the molecule is CC1NC(c2ccccc2)N(CCN2CCOCC2)C1=O. The number of nitrogens with zero attached hydrogens (tertiary/aromatic N) is 2. The Labute approximate surface area is 125 Å². The van der Waals surface area contributed by atoms with Crippen molar-refractivity contribution in [3.8, 4) is 0 Å². The normalized spacial score (nSPS) is 27.3. The number of amides is 1. The van der Waals surface area contributed by atoms with Crippen molar-refractivity contribution in [2.45, 2.75) is 19.1 Å². The van der Waals surface area contributed by atoms with Crippen molar-refractivity contribution in [1.29, 1.82) is 0 Å². The Hall–Kier alpha value is -1.43. The second-order valence-electron chi connectivity index (χ2n) is 5.69. The van der Waals surface area contributed by atoms with Gasteiger partial charge in [0.05, 0.1) is 19.3 Å². The lowest BCUT2D eigenvalue weighted by Crippen LogP contribution is -2.43. The van der Waals surface area contributed by atoms with E-state index in [2.05, 4.69) is 22.3 Å². The first-order valence-corrected chi connectivity index (χ1v) is 7.67. The largest absolute Gasteiger partial charge is 0.379 e. The molecule has 0 saturated carbocycles. The van der Waals surface area contributed by atoms with E-state index in [9.17, 15) is 4.79 Å². The topological polar surface area (TPSA) is 44.8 Å². The molecule has 1 N–H and O–H groups in total. The average molecular weight is 289 g/mol. The first-order chi connectivity index (χ1) is 10.3. The summed E-state index contributed by atoms with van der Waals surface area (Å²) in [4.78, 5) is 16.7. The van der Waals surface area contributed by atoms with Crippen LogP contribution in [0, 0.1) is 0 Å². The Kier molecular flexibility index (Phi) is 4.53. The fourth-order valence-corrected chi connectivity index (χ4v) is 3.00. The molecule has 5 heteroatoms. The van der Waals surface area contributed by atoms with Crippen molar-refractivity contribution in [2.75, 3.05) is 39.4 Å². The highest BCUT2D eigenvalue weighted by molar-refractivity contribution is 5.84. The minimum atomic E-state index is -0.111.